The van der Waals surface area contributed by atoms with Gasteiger partial charge < -0.3 is 10.2 Å². The highest BCUT2D eigenvalue weighted by Gasteiger charge is 2.06. The van der Waals surface area contributed by atoms with Crippen LogP contribution in [-0.2, 0) is 6.42 Å². The highest BCUT2D eigenvalue weighted by atomic mass is 35.5. The quantitative estimate of drug-likeness (QED) is 0.841. The van der Waals surface area contributed by atoms with Crippen LogP contribution in [0.3, 0.4) is 0 Å². The van der Waals surface area contributed by atoms with Gasteiger partial charge >= 0.3 is 0 Å². The predicted molar refractivity (Wildman–Crippen MR) is 89.8 cm³/mol. The number of halogens is 1. The second kappa shape index (κ2) is 6.76. The molecule has 0 amide bonds. The van der Waals surface area contributed by atoms with Gasteiger partial charge in [0.1, 0.15) is 16.8 Å². The first-order valence-electron chi connectivity index (χ1n) is 7.08. The molecule has 0 aliphatic heterocycles. The average molecular weight is 305 g/mol. The van der Waals surface area contributed by atoms with E-state index in [1.54, 1.807) is 6.07 Å². The zero-order chi connectivity index (χ0) is 15.4. The molecule has 4 nitrogen and oxygen atoms in total. The van der Waals surface area contributed by atoms with E-state index in [0.29, 0.717) is 5.15 Å². The molecule has 0 bridgehead atoms. The normalized spacial score (nSPS) is 10.5. The van der Waals surface area contributed by atoms with Gasteiger partial charge in [0.15, 0.2) is 0 Å². The Morgan fingerprint density at radius 3 is 2.62 bits per heavy atom. The molecule has 1 heterocycles. The Morgan fingerprint density at radius 1 is 1.19 bits per heavy atom. The fourth-order valence-corrected chi connectivity index (χ4v) is 2.38. The summed E-state index contributed by atoms with van der Waals surface area (Å²) in [5.41, 5.74) is 3.40. The Labute approximate surface area is 131 Å². The Balaban J connectivity index is 2.27. The van der Waals surface area contributed by atoms with Crippen LogP contribution < -0.4 is 10.2 Å². The van der Waals surface area contributed by atoms with Gasteiger partial charge in [0.05, 0.1) is 0 Å². The van der Waals surface area contributed by atoms with Crippen molar-refractivity contribution >= 4 is 28.8 Å². The van der Waals surface area contributed by atoms with Crippen LogP contribution in [0.25, 0.3) is 0 Å². The number of hydrogen-bond donors (Lipinski definition) is 1. The zero-order valence-corrected chi connectivity index (χ0v) is 13.7. The first-order valence-corrected chi connectivity index (χ1v) is 7.46. The average Bonchev–Trinajstić information content (AvgIpc) is 2.40. The Hall–Kier alpha value is -1.81. The maximum Gasteiger partial charge on any atom is 0.135 e. The summed E-state index contributed by atoms with van der Waals surface area (Å²) in [5, 5.41) is 3.77. The van der Waals surface area contributed by atoms with Crippen molar-refractivity contribution in [2.75, 3.05) is 24.3 Å². The minimum Gasteiger partial charge on any atom is -0.377 e. The summed E-state index contributed by atoms with van der Waals surface area (Å²) in [7, 11) is 4.07. The third kappa shape index (κ3) is 4.08. The van der Waals surface area contributed by atoms with Crippen molar-refractivity contribution in [3.8, 4) is 0 Å². The molecule has 5 heteroatoms. The van der Waals surface area contributed by atoms with Crippen molar-refractivity contribution in [1.82, 2.24) is 9.97 Å². The molecule has 0 aliphatic rings. The highest BCUT2D eigenvalue weighted by molar-refractivity contribution is 6.29. The summed E-state index contributed by atoms with van der Waals surface area (Å²) in [6, 6.07) is 7.98. The van der Waals surface area contributed by atoms with Gasteiger partial charge in [0.25, 0.3) is 0 Å². The molecule has 1 aromatic heterocycles. The first-order chi connectivity index (χ1) is 9.99. The molecule has 1 aromatic carbocycles. The number of aromatic nitrogens is 2. The molecule has 2 rings (SSSR count). The van der Waals surface area contributed by atoms with Gasteiger partial charge in [0, 0.05) is 38.0 Å². The molecule has 0 spiro atoms. The Bertz CT molecular complexity index is 626. The van der Waals surface area contributed by atoms with Crippen molar-refractivity contribution in [2.24, 2.45) is 0 Å². The summed E-state index contributed by atoms with van der Waals surface area (Å²) >= 11 is 6.06. The molecule has 112 valence electrons. The van der Waals surface area contributed by atoms with E-state index in [4.69, 9.17) is 11.6 Å². The Morgan fingerprint density at radius 2 is 1.95 bits per heavy atom. The summed E-state index contributed by atoms with van der Waals surface area (Å²) < 4.78 is 0. The van der Waals surface area contributed by atoms with Crippen LogP contribution in [0.2, 0.25) is 5.15 Å². The monoisotopic (exact) mass is 304 g/mol. The van der Waals surface area contributed by atoms with Crippen LogP contribution in [0, 0.1) is 6.92 Å². The van der Waals surface area contributed by atoms with Crippen molar-refractivity contribution in [1.29, 1.82) is 0 Å². The molecule has 0 aliphatic carbocycles. The molecule has 0 radical (unpaired) electrons. The third-order valence-corrected chi connectivity index (χ3v) is 3.37. The van der Waals surface area contributed by atoms with Gasteiger partial charge in [0.2, 0.25) is 0 Å². The number of aryl methyl sites for hydroxylation is 2. The minimum atomic E-state index is 0.468. The van der Waals surface area contributed by atoms with Gasteiger partial charge in [-0.3, -0.25) is 0 Å². The van der Waals surface area contributed by atoms with Gasteiger partial charge in [-0.25, -0.2) is 9.97 Å². The third-order valence-electron chi connectivity index (χ3n) is 3.18. The standard InChI is InChI=1S/C16H21ClN4/c1-5-6-15-19-14(17)10-16(20-15)18-12-8-7-11(2)13(9-12)21(3)4/h7-10H,5-6H2,1-4H3,(H,18,19,20). The number of rotatable bonds is 5. The molecule has 0 atom stereocenters. The topological polar surface area (TPSA) is 41.1 Å². The van der Waals surface area contributed by atoms with Crippen LogP contribution in [0.4, 0.5) is 17.2 Å². The maximum atomic E-state index is 6.06. The van der Waals surface area contributed by atoms with E-state index >= 15 is 0 Å². The number of nitrogens with zero attached hydrogens (tertiary/aromatic N) is 3. The summed E-state index contributed by atoms with van der Waals surface area (Å²) in [4.78, 5) is 10.8. The smallest absolute Gasteiger partial charge is 0.135 e. The van der Waals surface area contributed by atoms with Crippen molar-refractivity contribution in [2.45, 2.75) is 26.7 Å². The SMILES string of the molecule is CCCc1nc(Cl)cc(Nc2ccc(C)c(N(C)C)c2)n1. The summed E-state index contributed by atoms with van der Waals surface area (Å²) in [5.74, 6) is 1.50. The first kappa shape index (κ1) is 15.6. The van der Waals surface area contributed by atoms with E-state index in [1.807, 2.05) is 20.2 Å². The number of anilines is 3. The van der Waals surface area contributed by atoms with Gasteiger partial charge in [-0.1, -0.05) is 24.6 Å². The highest BCUT2D eigenvalue weighted by Crippen LogP contribution is 2.25. The van der Waals surface area contributed by atoms with Crippen molar-refractivity contribution in [3.63, 3.8) is 0 Å². The lowest BCUT2D eigenvalue weighted by Crippen LogP contribution is -2.10. The fraction of sp³-hybridized carbons (Fsp3) is 0.375. The van der Waals surface area contributed by atoms with Crippen LogP contribution in [0.5, 0.6) is 0 Å². The molecule has 2 aromatic rings. The molecule has 21 heavy (non-hydrogen) atoms. The number of hydrogen-bond acceptors (Lipinski definition) is 4. The second-order valence-electron chi connectivity index (χ2n) is 5.26. The molecule has 0 saturated heterocycles. The summed E-state index contributed by atoms with van der Waals surface area (Å²) in [6.45, 7) is 4.20. The van der Waals surface area contributed by atoms with Gasteiger partial charge in [-0.15, -0.1) is 0 Å². The molecule has 1 N–H and O–H groups in total. The van der Waals surface area contributed by atoms with E-state index in [-0.39, 0.29) is 0 Å². The van der Waals surface area contributed by atoms with E-state index in [9.17, 15) is 0 Å². The van der Waals surface area contributed by atoms with Crippen LogP contribution in [0.1, 0.15) is 24.7 Å². The fourth-order valence-electron chi connectivity index (χ4n) is 2.18. The lowest BCUT2D eigenvalue weighted by molar-refractivity contribution is 0.837. The second-order valence-corrected chi connectivity index (χ2v) is 5.65. The van der Waals surface area contributed by atoms with E-state index < -0.39 is 0 Å². The Kier molecular flexibility index (Phi) is 5.02. The van der Waals surface area contributed by atoms with E-state index in [0.717, 1.165) is 30.2 Å². The lowest BCUT2D eigenvalue weighted by Gasteiger charge is -2.17. The molecular weight excluding hydrogens is 284 g/mol. The van der Waals surface area contributed by atoms with Crippen molar-refractivity contribution < 1.29 is 0 Å². The van der Waals surface area contributed by atoms with Crippen LogP contribution in [-0.4, -0.2) is 24.1 Å². The zero-order valence-electron chi connectivity index (χ0n) is 12.9. The molecule has 0 unspecified atom stereocenters. The molecule has 0 fully saturated rings. The lowest BCUT2D eigenvalue weighted by atomic mass is 10.1. The van der Waals surface area contributed by atoms with Gasteiger partial charge in [-0.2, -0.15) is 0 Å². The summed E-state index contributed by atoms with van der Waals surface area (Å²) in [6.07, 6.45) is 1.82. The maximum absolute atomic E-state index is 6.06. The predicted octanol–water partition coefficient (Wildman–Crippen LogP) is 4.20. The minimum absolute atomic E-state index is 0.468. The molecule has 0 saturated carbocycles. The van der Waals surface area contributed by atoms with Crippen molar-refractivity contribution in [3.05, 3.63) is 40.8 Å². The van der Waals surface area contributed by atoms with E-state index in [1.165, 1.54) is 11.3 Å². The largest absolute Gasteiger partial charge is 0.377 e. The van der Waals surface area contributed by atoms with Gasteiger partial charge in [-0.05, 0) is 31.0 Å². The number of nitrogens with one attached hydrogen (secondary N) is 1. The van der Waals surface area contributed by atoms with Crippen LogP contribution >= 0.6 is 11.6 Å². The van der Waals surface area contributed by atoms with E-state index in [2.05, 4.69) is 46.2 Å². The number of benzene rings is 1. The van der Waals surface area contributed by atoms with Crippen LogP contribution in [0.15, 0.2) is 24.3 Å². The molecular formula is C16H21ClN4.